The number of amides is 2. The first-order chi connectivity index (χ1) is 8.65. The number of carbonyl (C=O) groups excluding carboxylic acids is 2. The largest absolute Gasteiger partial charge is 0.366 e. The van der Waals surface area contributed by atoms with E-state index in [1.807, 2.05) is 0 Å². The summed E-state index contributed by atoms with van der Waals surface area (Å²) in [6.07, 6.45) is 6.35. The van der Waals surface area contributed by atoms with Crippen LogP contribution in [-0.2, 0) is 4.79 Å². The fourth-order valence-corrected chi connectivity index (χ4v) is 3.68. The van der Waals surface area contributed by atoms with Crippen LogP contribution >= 0.6 is 11.3 Å². The molecule has 2 bridgehead atoms. The summed E-state index contributed by atoms with van der Waals surface area (Å²) < 4.78 is 0. The first kappa shape index (κ1) is 11.5. The van der Waals surface area contributed by atoms with E-state index in [1.165, 1.54) is 11.3 Å². The fourth-order valence-electron chi connectivity index (χ4n) is 2.89. The molecule has 0 saturated heterocycles. The van der Waals surface area contributed by atoms with Crippen LogP contribution in [0.1, 0.15) is 23.2 Å². The van der Waals surface area contributed by atoms with Crippen molar-refractivity contribution in [1.29, 1.82) is 0 Å². The summed E-state index contributed by atoms with van der Waals surface area (Å²) in [5.74, 6) is 0.482. The molecule has 3 N–H and O–H groups in total. The molecule has 2 aliphatic rings. The predicted molar refractivity (Wildman–Crippen MR) is 70.3 cm³/mol. The third kappa shape index (κ3) is 1.84. The number of fused-ring (bicyclic) bond motifs is 2. The zero-order valence-corrected chi connectivity index (χ0v) is 10.6. The van der Waals surface area contributed by atoms with Crippen LogP contribution in [0.25, 0.3) is 0 Å². The third-order valence-electron chi connectivity index (χ3n) is 3.78. The number of nitrogens with one attached hydrogen (secondary N) is 1. The van der Waals surface area contributed by atoms with Crippen molar-refractivity contribution in [3.8, 4) is 0 Å². The van der Waals surface area contributed by atoms with Crippen molar-refractivity contribution < 1.29 is 9.59 Å². The lowest BCUT2D eigenvalue weighted by atomic mass is 9.93. The molecule has 0 spiro atoms. The van der Waals surface area contributed by atoms with Gasteiger partial charge in [-0.15, -0.1) is 11.3 Å². The molecule has 18 heavy (non-hydrogen) atoms. The maximum absolute atomic E-state index is 12.2. The van der Waals surface area contributed by atoms with Gasteiger partial charge in [0.15, 0.2) is 0 Å². The molecule has 5 heteroatoms. The van der Waals surface area contributed by atoms with Gasteiger partial charge in [-0.1, -0.05) is 12.2 Å². The minimum absolute atomic E-state index is 0.0109. The average Bonchev–Trinajstić information content (AvgIpc) is 3.03. The Bertz CT molecular complexity index is 535. The minimum atomic E-state index is -0.501. The van der Waals surface area contributed by atoms with E-state index < -0.39 is 5.91 Å². The second-order valence-corrected chi connectivity index (χ2v) is 5.82. The molecule has 94 valence electrons. The first-order valence-electron chi connectivity index (χ1n) is 6.01. The minimum Gasteiger partial charge on any atom is -0.366 e. The summed E-state index contributed by atoms with van der Waals surface area (Å²) in [6, 6.07) is 1.64. The van der Waals surface area contributed by atoms with Gasteiger partial charge < -0.3 is 11.1 Å². The van der Waals surface area contributed by atoms with Gasteiger partial charge in [-0.3, -0.25) is 9.59 Å². The molecule has 2 amide bonds. The highest BCUT2D eigenvalue weighted by atomic mass is 32.1. The Hall–Kier alpha value is -1.62. The highest BCUT2D eigenvalue weighted by Crippen LogP contribution is 2.44. The smallest absolute Gasteiger partial charge is 0.251 e. The molecule has 1 saturated carbocycles. The predicted octanol–water partition coefficient (Wildman–Crippen LogP) is 2.00. The number of hydrogen-bond acceptors (Lipinski definition) is 3. The van der Waals surface area contributed by atoms with Crippen molar-refractivity contribution >= 4 is 28.2 Å². The van der Waals surface area contributed by atoms with Gasteiger partial charge in [0.25, 0.3) is 5.91 Å². The van der Waals surface area contributed by atoms with Crippen molar-refractivity contribution in [2.75, 3.05) is 5.32 Å². The van der Waals surface area contributed by atoms with Crippen molar-refractivity contribution in [1.82, 2.24) is 0 Å². The van der Waals surface area contributed by atoms with Crippen LogP contribution in [0.4, 0.5) is 5.00 Å². The SMILES string of the molecule is NC(=O)c1ccsc1NC(=O)[C@H]1C[C@@H]2C=C[C@@H]1C2. The number of anilines is 1. The van der Waals surface area contributed by atoms with Gasteiger partial charge in [0, 0.05) is 5.92 Å². The van der Waals surface area contributed by atoms with Gasteiger partial charge in [-0.2, -0.15) is 0 Å². The Kier molecular flexibility index (Phi) is 2.70. The highest BCUT2D eigenvalue weighted by molar-refractivity contribution is 7.14. The van der Waals surface area contributed by atoms with Crippen molar-refractivity contribution in [2.45, 2.75) is 12.8 Å². The van der Waals surface area contributed by atoms with E-state index in [0.29, 0.717) is 22.4 Å². The van der Waals surface area contributed by atoms with E-state index in [9.17, 15) is 9.59 Å². The van der Waals surface area contributed by atoms with E-state index in [2.05, 4.69) is 17.5 Å². The molecule has 3 atom stereocenters. The van der Waals surface area contributed by atoms with E-state index in [-0.39, 0.29) is 11.8 Å². The number of hydrogen-bond donors (Lipinski definition) is 2. The lowest BCUT2D eigenvalue weighted by Gasteiger charge is -2.17. The molecule has 4 nitrogen and oxygen atoms in total. The second-order valence-electron chi connectivity index (χ2n) is 4.90. The lowest BCUT2D eigenvalue weighted by molar-refractivity contribution is -0.120. The second kappa shape index (κ2) is 4.24. The van der Waals surface area contributed by atoms with Crippen LogP contribution in [0.3, 0.4) is 0 Å². The molecule has 1 heterocycles. The van der Waals surface area contributed by atoms with Crippen LogP contribution in [0.5, 0.6) is 0 Å². The van der Waals surface area contributed by atoms with Gasteiger partial charge in [0.1, 0.15) is 5.00 Å². The lowest BCUT2D eigenvalue weighted by Crippen LogP contribution is -2.26. The van der Waals surface area contributed by atoms with E-state index in [0.717, 1.165) is 12.8 Å². The summed E-state index contributed by atoms with van der Waals surface area (Å²) in [4.78, 5) is 23.4. The van der Waals surface area contributed by atoms with Crippen molar-refractivity contribution in [3.63, 3.8) is 0 Å². The average molecular weight is 262 g/mol. The maximum atomic E-state index is 12.2. The normalized spacial score (nSPS) is 28.6. The molecule has 0 radical (unpaired) electrons. The Balaban J connectivity index is 1.73. The quantitative estimate of drug-likeness (QED) is 0.818. The van der Waals surface area contributed by atoms with Gasteiger partial charge in [-0.25, -0.2) is 0 Å². The van der Waals surface area contributed by atoms with Crippen LogP contribution in [-0.4, -0.2) is 11.8 Å². The van der Waals surface area contributed by atoms with Gasteiger partial charge in [0.2, 0.25) is 5.91 Å². The van der Waals surface area contributed by atoms with Gasteiger partial charge >= 0.3 is 0 Å². The van der Waals surface area contributed by atoms with Gasteiger partial charge in [0.05, 0.1) is 5.56 Å². The van der Waals surface area contributed by atoms with Crippen molar-refractivity contribution in [2.24, 2.45) is 23.5 Å². The molecule has 1 fully saturated rings. The van der Waals surface area contributed by atoms with Crippen molar-refractivity contribution in [3.05, 3.63) is 29.2 Å². The van der Waals surface area contributed by atoms with E-state index in [4.69, 9.17) is 5.73 Å². The summed E-state index contributed by atoms with van der Waals surface area (Å²) in [5, 5.41) is 5.17. The van der Waals surface area contributed by atoms with E-state index in [1.54, 1.807) is 11.4 Å². The topological polar surface area (TPSA) is 72.2 Å². The molecular weight excluding hydrogens is 248 g/mol. The van der Waals surface area contributed by atoms with E-state index >= 15 is 0 Å². The summed E-state index contributed by atoms with van der Waals surface area (Å²) in [7, 11) is 0. The summed E-state index contributed by atoms with van der Waals surface area (Å²) in [5.41, 5.74) is 5.65. The first-order valence-corrected chi connectivity index (χ1v) is 6.89. The monoisotopic (exact) mass is 262 g/mol. The van der Waals surface area contributed by atoms with Crippen LogP contribution < -0.4 is 11.1 Å². The molecule has 1 aromatic heterocycles. The number of allylic oxidation sites excluding steroid dienone is 2. The zero-order chi connectivity index (χ0) is 12.7. The Morgan fingerprint density at radius 1 is 1.33 bits per heavy atom. The highest BCUT2D eigenvalue weighted by Gasteiger charge is 2.40. The molecule has 0 aliphatic heterocycles. The number of rotatable bonds is 3. The van der Waals surface area contributed by atoms with Crippen LogP contribution in [0, 0.1) is 17.8 Å². The molecule has 0 aromatic carbocycles. The number of thiophene rings is 1. The molecule has 2 aliphatic carbocycles. The standard InChI is InChI=1S/C13H14N2O2S/c14-11(16)9-3-4-18-13(9)15-12(17)10-6-7-1-2-8(10)5-7/h1-4,7-8,10H,5-6H2,(H2,14,16)(H,15,17)/t7-,8-,10+/m1/s1. The maximum Gasteiger partial charge on any atom is 0.251 e. The fraction of sp³-hybridized carbons (Fsp3) is 0.385. The van der Waals surface area contributed by atoms with Gasteiger partial charge in [-0.05, 0) is 36.1 Å². The van der Waals surface area contributed by atoms with Crippen LogP contribution in [0.2, 0.25) is 0 Å². The third-order valence-corrected chi connectivity index (χ3v) is 4.61. The summed E-state index contributed by atoms with van der Waals surface area (Å²) in [6.45, 7) is 0. The molecule has 1 aromatic rings. The number of primary amides is 1. The van der Waals surface area contributed by atoms with Crippen LogP contribution in [0.15, 0.2) is 23.6 Å². The Labute approximate surface area is 109 Å². The molecule has 0 unspecified atom stereocenters. The number of nitrogens with two attached hydrogens (primary N) is 1. The molecule has 3 rings (SSSR count). The number of carbonyl (C=O) groups is 2. The Morgan fingerprint density at radius 3 is 2.78 bits per heavy atom. The zero-order valence-electron chi connectivity index (χ0n) is 9.76. The Morgan fingerprint density at radius 2 is 2.17 bits per heavy atom. The molecular formula is C13H14N2O2S. The summed E-state index contributed by atoms with van der Waals surface area (Å²) >= 11 is 1.33.